The molecule has 2 rings (SSSR count). The molecule has 170 valence electrons. The largest absolute Gasteiger partial charge is 0.496 e. The van der Waals surface area contributed by atoms with Crippen LogP contribution in [0.15, 0.2) is 12.1 Å². The summed E-state index contributed by atoms with van der Waals surface area (Å²) in [5.41, 5.74) is 1.59. The Morgan fingerprint density at radius 1 is 0.733 bits per heavy atom. The molecule has 0 spiro atoms. The van der Waals surface area contributed by atoms with Crippen molar-refractivity contribution in [3.63, 3.8) is 0 Å². The van der Waals surface area contributed by atoms with Crippen molar-refractivity contribution < 1.29 is 14.3 Å². The Morgan fingerprint density at radius 2 is 1.20 bits per heavy atom. The third-order valence-corrected chi connectivity index (χ3v) is 6.91. The van der Waals surface area contributed by atoms with Gasteiger partial charge in [-0.3, -0.25) is 4.79 Å². The molecule has 3 nitrogen and oxygen atoms in total. The van der Waals surface area contributed by atoms with Gasteiger partial charge in [0, 0.05) is 11.0 Å². The Kier molecular flexibility index (Phi) is 10.7. The van der Waals surface area contributed by atoms with Crippen molar-refractivity contribution in [2.24, 2.45) is 5.41 Å². The first-order valence-corrected chi connectivity index (χ1v) is 12.4. The van der Waals surface area contributed by atoms with E-state index in [1.165, 1.54) is 64.2 Å². The number of hydrogen-bond acceptors (Lipinski definition) is 3. The van der Waals surface area contributed by atoms with Gasteiger partial charge < -0.3 is 9.47 Å². The smallest absolute Gasteiger partial charge is 0.173 e. The summed E-state index contributed by atoms with van der Waals surface area (Å²) in [5.74, 6) is 1.85. The van der Waals surface area contributed by atoms with Gasteiger partial charge in [-0.05, 0) is 31.4 Å². The van der Waals surface area contributed by atoms with Crippen molar-refractivity contribution in [1.82, 2.24) is 0 Å². The first-order valence-electron chi connectivity index (χ1n) is 12.4. The van der Waals surface area contributed by atoms with Gasteiger partial charge in [-0.15, -0.1) is 0 Å². The van der Waals surface area contributed by atoms with Crippen LogP contribution in [0.1, 0.15) is 120 Å². The molecule has 0 aliphatic heterocycles. The second-order valence-corrected chi connectivity index (χ2v) is 9.15. The molecule has 0 saturated heterocycles. The van der Waals surface area contributed by atoms with Crippen LogP contribution in [0.2, 0.25) is 0 Å². The highest BCUT2D eigenvalue weighted by Crippen LogP contribution is 2.50. The number of hydrogen-bond donors (Lipinski definition) is 0. The average Bonchev–Trinajstić information content (AvgIpc) is 3.05. The van der Waals surface area contributed by atoms with E-state index in [-0.39, 0.29) is 5.41 Å². The van der Waals surface area contributed by atoms with Crippen molar-refractivity contribution in [1.29, 1.82) is 0 Å². The molecule has 0 heterocycles. The van der Waals surface area contributed by atoms with Crippen LogP contribution in [0.5, 0.6) is 11.5 Å². The van der Waals surface area contributed by atoms with Gasteiger partial charge in [0.15, 0.2) is 5.78 Å². The zero-order valence-electron chi connectivity index (χ0n) is 20.0. The molecule has 1 aromatic rings. The van der Waals surface area contributed by atoms with Crippen molar-refractivity contribution in [2.45, 2.75) is 110 Å². The number of rotatable bonds is 16. The molecule has 0 radical (unpaired) electrons. The van der Waals surface area contributed by atoms with Crippen LogP contribution in [0.25, 0.3) is 0 Å². The highest BCUT2D eigenvalue weighted by molar-refractivity contribution is 6.07. The summed E-state index contributed by atoms with van der Waals surface area (Å²) in [6, 6.07) is 3.84. The monoisotopic (exact) mass is 416 g/mol. The van der Waals surface area contributed by atoms with Gasteiger partial charge in [0.25, 0.3) is 0 Å². The summed E-state index contributed by atoms with van der Waals surface area (Å²) in [7, 11) is 3.37. The molecular formula is C27H44O3. The van der Waals surface area contributed by atoms with E-state index >= 15 is 0 Å². The average molecular weight is 417 g/mol. The number of ketones is 1. The molecule has 0 bridgehead atoms. The predicted octanol–water partition coefficient (Wildman–Crippen LogP) is 7.93. The lowest BCUT2D eigenvalue weighted by Gasteiger charge is -2.28. The molecule has 0 saturated carbocycles. The van der Waals surface area contributed by atoms with Gasteiger partial charge in [0.1, 0.15) is 11.5 Å². The number of carbonyl (C=O) groups is 1. The van der Waals surface area contributed by atoms with Crippen LogP contribution in [0, 0.1) is 5.41 Å². The third kappa shape index (κ3) is 6.25. The Morgan fingerprint density at radius 3 is 1.70 bits per heavy atom. The summed E-state index contributed by atoms with van der Waals surface area (Å²) >= 11 is 0. The first-order chi connectivity index (χ1) is 14.6. The molecule has 0 amide bonds. The van der Waals surface area contributed by atoms with E-state index in [9.17, 15) is 4.79 Å². The van der Waals surface area contributed by atoms with Crippen LogP contribution in [0.4, 0.5) is 0 Å². The summed E-state index contributed by atoms with van der Waals surface area (Å²) in [6.45, 7) is 4.51. The van der Waals surface area contributed by atoms with E-state index in [0.29, 0.717) is 11.5 Å². The van der Waals surface area contributed by atoms with E-state index in [2.05, 4.69) is 13.8 Å². The number of methoxy groups -OCH3 is 2. The number of Topliss-reactive ketones (excluding diaryl/α,β-unsaturated/α-hetero) is 1. The Hall–Kier alpha value is -1.51. The van der Waals surface area contributed by atoms with Gasteiger partial charge in [0.05, 0.1) is 19.8 Å². The Labute approximate surface area is 184 Å². The Bertz CT molecular complexity index is 634. The molecular weight excluding hydrogens is 372 g/mol. The number of unbranched alkanes of at least 4 members (excludes halogenated alkanes) is 10. The molecule has 0 fully saturated rings. The van der Waals surface area contributed by atoms with E-state index in [1.54, 1.807) is 14.2 Å². The van der Waals surface area contributed by atoms with Crippen LogP contribution >= 0.6 is 0 Å². The van der Waals surface area contributed by atoms with Crippen molar-refractivity contribution in [2.75, 3.05) is 14.2 Å². The van der Waals surface area contributed by atoms with Crippen molar-refractivity contribution in [3.8, 4) is 11.5 Å². The molecule has 1 aliphatic carbocycles. The van der Waals surface area contributed by atoms with Crippen molar-refractivity contribution >= 4 is 5.78 Å². The highest BCUT2D eigenvalue weighted by atomic mass is 16.5. The number of ether oxygens (including phenoxy) is 2. The summed E-state index contributed by atoms with van der Waals surface area (Å²) in [4.78, 5) is 13.8. The fraction of sp³-hybridized carbons (Fsp3) is 0.741. The van der Waals surface area contributed by atoms with Gasteiger partial charge in [-0.1, -0.05) is 90.9 Å². The maximum Gasteiger partial charge on any atom is 0.173 e. The zero-order chi connectivity index (χ0) is 21.8. The summed E-state index contributed by atoms with van der Waals surface area (Å²) < 4.78 is 11.2. The topological polar surface area (TPSA) is 35.5 Å². The lowest BCUT2D eigenvalue weighted by atomic mass is 9.74. The number of carbonyl (C=O) groups excluding carboxylic acids is 1. The maximum absolute atomic E-state index is 13.8. The summed E-state index contributed by atoms with van der Waals surface area (Å²) in [5, 5.41) is 0. The number of fused-ring (bicyclic) bond motifs is 1. The van der Waals surface area contributed by atoms with Gasteiger partial charge in [0.2, 0.25) is 0 Å². The second-order valence-electron chi connectivity index (χ2n) is 9.15. The highest BCUT2D eigenvalue weighted by Gasteiger charge is 2.47. The molecule has 3 heteroatoms. The molecule has 1 aromatic carbocycles. The minimum Gasteiger partial charge on any atom is -0.496 e. The molecule has 0 aromatic heterocycles. The molecule has 30 heavy (non-hydrogen) atoms. The number of benzene rings is 1. The summed E-state index contributed by atoms with van der Waals surface area (Å²) in [6.07, 6.45) is 17.9. The maximum atomic E-state index is 13.8. The van der Waals surface area contributed by atoms with Crippen LogP contribution in [-0.4, -0.2) is 20.0 Å². The normalized spacial score (nSPS) is 14.7. The van der Waals surface area contributed by atoms with Crippen LogP contribution < -0.4 is 9.47 Å². The standard InChI is InChI=1S/C27H44O3/c1-5-7-9-11-13-15-19-27(20-16-14-12-10-8-6-2)21-22-23(29-3)17-18-24(30-4)25(22)26(27)28/h17-18H,5-16,19-21H2,1-4H3. The zero-order valence-corrected chi connectivity index (χ0v) is 20.0. The van der Waals surface area contributed by atoms with E-state index in [1.807, 2.05) is 12.1 Å². The van der Waals surface area contributed by atoms with E-state index < -0.39 is 0 Å². The van der Waals surface area contributed by atoms with Crippen LogP contribution in [0.3, 0.4) is 0 Å². The van der Waals surface area contributed by atoms with Crippen LogP contribution in [-0.2, 0) is 6.42 Å². The van der Waals surface area contributed by atoms with Gasteiger partial charge >= 0.3 is 0 Å². The molecule has 0 atom stereocenters. The lowest BCUT2D eigenvalue weighted by Crippen LogP contribution is -2.28. The molecule has 0 N–H and O–H groups in total. The molecule has 1 aliphatic rings. The first kappa shape index (κ1) is 24.8. The SMILES string of the molecule is CCCCCCCCC1(CCCCCCCC)Cc2c(OC)ccc(OC)c2C1=O. The van der Waals surface area contributed by atoms with Gasteiger partial charge in [-0.2, -0.15) is 0 Å². The van der Waals surface area contributed by atoms with Crippen molar-refractivity contribution in [3.05, 3.63) is 23.3 Å². The fourth-order valence-corrected chi connectivity index (χ4v) is 5.09. The van der Waals surface area contributed by atoms with E-state index in [4.69, 9.17) is 9.47 Å². The minimum atomic E-state index is -0.264. The fourth-order valence-electron chi connectivity index (χ4n) is 5.09. The quantitative estimate of drug-likeness (QED) is 0.257. The Balaban J connectivity index is 2.11. The molecule has 0 unspecified atom stereocenters. The lowest BCUT2D eigenvalue weighted by molar-refractivity contribution is 0.0775. The second kappa shape index (κ2) is 13.0. The van der Waals surface area contributed by atoms with Gasteiger partial charge in [-0.25, -0.2) is 0 Å². The third-order valence-electron chi connectivity index (χ3n) is 6.91. The predicted molar refractivity (Wildman–Crippen MR) is 126 cm³/mol. The van der Waals surface area contributed by atoms with E-state index in [0.717, 1.165) is 49.0 Å². The minimum absolute atomic E-state index is 0.264.